The third-order valence-corrected chi connectivity index (χ3v) is 4.71. The van der Waals surface area contributed by atoms with Crippen molar-refractivity contribution in [3.05, 3.63) is 0 Å². The molecular weight excluding hydrogens is 460 g/mol. The Kier molecular flexibility index (Phi) is 6.85. The summed E-state index contributed by atoms with van der Waals surface area (Å²) < 4.78 is 61.9. The van der Waals surface area contributed by atoms with E-state index in [1.807, 2.05) is 0 Å². The lowest BCUT2D eigenvalue weighted by molar-refractivity contribution is -0.167. The molecule has 2 aliphatic rings. The maximum absolute atomic E-state index is 11.5. The van der Waals surface area contributed by atoms with Crippen LogP contribution in [0.5, 0.6) is 0 Å². The fourth-order valence-corrected chi connectivity index (χ4v) is 3.39. The third-order valence-electron chi connectivity index (χ3n) is 3.27. The molecule has 18 heteroatoms. The van der Waals surface area contributed by atoms with Crippen LogP contribution in [-0.4, -0.2) is 62.5 Å². The van der Waals surface area contributed by atoms with Gasteiger partial charge in [0.05, 0.1) is 12.8 Å². The second kappa shape index (κ2) is 8.81. The van der Waals surface area contributed by atoms with Gasteiger partial charge in [0.1, 0.15) is 0 Å². The molecule has 2 rings (SSSR count). The van der Waals surface area contributed by atoms with Gasteiger partial charge >= 0.3 is 32.7 Å². The summed E-state index contributed by atoms with van der Waals surface area (Å²) in [5.74, 6) is -7.16. The highest BCUT2D eigenvalue weighted by Gasteiger charge is 2.37. The molecule has 0 aromatic carbocycles. The summed E-state index contributed by atoms with van der Waals surface area (Å²) in [5.41, 5.74) is 0. The van der Waals surface area contributed by atoms with Crippen LogP contribution >= 0.6 is 0 Å². The fourth-order valence-electron chi connectivity index (χ4n) is 2.01. The number of hydrogen-bond donors (Lipinski definition) is 0. The zero-order valence-electron chi connectivity index (χ0n) is 14.7. The predicted octanol–water partition coefficient (Wildman–Crippen LogP) is -2.50. The minimum atomic E-state index is -5.18. The number of rotatable bonds is 9. The van der Waals surface area contributed by atoms with Crippen molar-refractivity contribution in [2.45, 2.75) is 38.5 Å². The second-order valence-electron chi connectivity index (χ2n) is 5.54. The molecule has 2 aliphatic heterocycles. The maximum Gasteiger partial charge on any atom is 0.473 e. The molecule has 0 N–H and O–H groups in total. The van der Waals surface area contributed by atoms with Crippen LogP contribution in [0.4, 0.5) is 0 Å². The van der Waals surface area contributed by atoms with Crippen LogP contribution < -0.4 is 0 Å². The van der Waals surface area contributed by atoms with Crippen LogP contribution in [0, 0.1) is 0 Å². The Morgan fingerprint density at radius 2 is 0.900 bits per heavy atom. The third kappa shape index (κ3) is 6.27. The van der Waals surface area contributed by atoms with Gasteiger partial charge in [-0.15, -0.1) is 18.7 Å². The lowest BCUT2D eigenvalue weighted by Crippen LogP contribution is -2.34. The Balaban J connectivity index is 1.81. The Morgan fingerprint density at radius 3 is 1.17 bits per heavy atom. The first kappa shape index (κ1) is 23.3. The van der Waals surface area contributed by atoms with Gasteiger partial charge in [0.15, 0.2) is 0 Å². The van der Waals surface area contributed by atoms with Crippen molar-refractivity contribution in [2.75, 3.05) is 0 Å². The van der Waals surface area contributed by atoms with Gasteiger partial charge in [-0.25, -0.2) is 0 Å². The Morgan fingerprint density at radius 1 is 0.633 bits per heavy atom. The van der Waals surface area contributed by atoms with Crippen LogP contribution in [-0.2, 0) is 66.5 Å². The first-order valence-electron chi connectivity index (χ1n) is 7.85. The van der Waals surface area contributed by atoms with Crippen LogP contribution in [0.3, 0.4) is 0 Å². The van der Waals surface area contributed by atoms with Crippen molar-refractivity contribution in [1.82, 2.24) is 10.1 Å². The molecule has 2 heterocycles. The zero-order valence-corrected chi connectivity index (χ0v) is 16.3. The molecule has 16 nitrogen and oxygen atoms in total. The van der Waals surface area contributed by atoms with Crippen LogP contribution in [0.2, 0.25) is 0 Å². The zero-order chi connectivity index (χ0) is 22.7. The Bertz CT molecular complexity index is 900. The largest absolute Gasteiger partial charge is 0.473 e. The summed E-state index contributed by atoms with van der Waals surface area (Å²) in [4.78, 5) is 68.0. The minimum Gasteiger partial charge on any atom is -0.324 e. The van der Waals surface area contributed by atoms with Gasteiger partial charge in [0, 0.05) is 25.7 Å². The Labute approximate surface area is 168 Å². The van der Waals surface area contributed by atoms with E-state index in [0.717, 1.165) is 0 Å². The SMILES string of the molecule is O=C(CCC(=O)OS(=O)(=O)ON1C(=O)CCC1=O)OS(=O)(=O)ON1C(=O)CCC1=O. The molecule has 0 bridgehead atoms. The number of nitrogens with zero attached hydrogens (tertiary/aromatic N) is 2. The molecule has 0 spiro atoms. The Hall–Kier alpha value is -2.96. The number of hydroxylamine groups is 4. The molecule has 0 aromatic rings. The molecule has 0 aliphatic carbocycles. The maximum atomic E-state index is 11.5. The monoisotopic (exact) mass is 472 g/mol. The molecule has 0 atom stereocenters. The van der Waals surface area contributed by atoms with Gasteiger partial charge in [-0.1, -0.05) is 0 Å². The van der Waals surface area contributed by atoms with Crippen LogP contribution in [0.1, 0.15) is 38.5 Å². The lowest BCUT2D eigenvalue weighted by atomic mass is 10.3. The van der Waals surface area contributed by atoms with Gasteiger partial charge in [-0.3, -0.25) is 28.8 Å². The highest BCUT2D eigenvalue weighted by Crippen LogP contribution is 2.17. The molecule has 2 saturated heterocycles. The van der Waals surface area contributed by atoms with E-state index in [0.29, 0.717) is 0 Å². The molecule has 0 saturated carbocycles. The summed E-state index contributed by atoms with van der Waals surface area (Å²) in [6, 6.07) is 0. The molecule has 0 aromatic heterocycles. The van der Waals surface area contributed by atoms with E-state index in [1.165, 1.54) is 0 Å². The van der Waals surface area contributed by atoms with E-state index in [2.05, 4.69) is 16.9 Å². The highest BCUT2D eigenvalue weighted by molar-refractivity contribution is 7.82. The van der Waals surface area contributed by atoms with E-state index in [4.69, 9.17) is 0 Å². The average Bonchev–Trinajstić information content (AvgIpc) is 3.09. The number of imide groups is 2. The van der Waals surface area contributed by atoms with Crippen molar-refractivity contribution < 1.29 is 62.5 Å². The number of carbonyl (C=O) groups is 6. The fraction of sp³-hybridized carbons (Fsp3) is 0.500. The van der Waals surface area contributed by atoms with Gasteiger partial charge < -0.3 is 8.37 Å². The molecule has 0 radical (unpaired) electrons. The molecule has 0 unspecified atom stereocenters. The average molecular weight is 472 g/mol. The lowest BCUT2D eigenvalue weighted by Gasteiger charge is -2.12. The molecular formula is C12H12N2O14S2. The second-order valence-corrected chi connectivity index (χ2v) is 7.80. The van der Waals surface area contributed by atoms with Crippen molar-refractivity contribution >= 4 is 56.4 Å². The molecule has 30 heavy (non-hydrogen) atoms. The number of amides is 4. The van der Waals surface area contributed by atoms with Crippen LogP contribution in [0.15, 0.2) is 0 Å². The highest BCUT2D eigenvalue weighted by atomic mass is 32.3. The smallest absolute Gasteiger partial charge is 0.324 e. The standard InChI is InChI=1S/C12H12N2O14S2/c15-7-1-2-8(16)13(7)27-29(21,22)25-11(19)5-6-12(20)26-30(23,24)28-14-9(17)3-4-10(14)18/h1-6H2. The van der Waals surface area contributed by atoms with Crippen molar-refractivity contribution in [3.63, 3.8) is 0 Å². The molecule has 4 amide bonds. The van der Waals surface area contributed by atoms with Gasteiger partial charge in [-0.2, -0.15) is 16.8 Å². The van der Waals surface area contributed by atoms with Crippen molar-refractivity contribution in [1.29, 1.82) is 0 Å². The molecule has 2 fully saturated rings. The van der Waals surface area contributed by atoms with Crippen molar-refractivity contribution in [2.24, 2.45) is 0 Å². The summed E-state index contributed by atoms with van der Waals surface area (Å²) >= 11 is 0. The normalized spacial score (nSPS) is 17.6. The summed E-state index contributed by atoms with van der Waals surface area (Å²) in [5, 5.41) is -0.219. The van der Waals surface area contributed by atoms with E-state index in [9.17, 15) is 45.6 Å². The van der Waals surface area contributed by atoms with E-state index >= 15 is 0 Å². The summed E-state index contributed by atoms with van der Waals surface area (Å²) in [6.45, 7) is 0. The number of carbonyl (C=O) groups excluding carboxylic acids is 6. The van der Waals surface area contributed by atoms with Crippen LogP contribution in [0.25, 0.3) is 0 Å². The van der Waals surface area contributed by atoms with E-state index in [-0.39, 0.29) is 35.8 Å². The van der Waals surface area contributed by atoms with Gasteiger partial charge in [0.2, 0.25) is 0 Å². The minimum absolute atomic E-state index is 0.109. The topological polar surface area (TPSA) is 214 Å². The predicted molar refractivity (Wildman–Crippen MR) is 83.6 cm³/mol. The van der Waals surface area contributed by atoms with E-state index < -0.39 is 69.2 Å². The van der Waals surface area contributed by atoms with Gasteiger partial charge in [0.25, 0.3) is 23.6 Å². The first-order chi connectivity index (χ1) is 13.8. The molecule has 166 valence electrons. The van der Waals surface area contributed by atoms with Gasteiger partial charge in [-0.05, 0) is 0 Å². The summed E-state index contributed by atoms with van der Waals surface area (Å²) in [6.07, 6.45) is -3.28. The number of hydrogen-bond acceptors (Lipinski definition) is 14. The summed E-state index contributed by atoms with van der Waals surface area (Å²) in [7, 11) is -10.4. The quantitative estimate of drug-likeness (QED) is 0.317. The van der Waals surface area contributed by atoms with E-state index in [1.54, 1.807) is 0 Å². The van der Waals surface area contributed by atoms with Crippen molar-refractivity contribution in [3.8, 4) is 0 Å². The first-order valence-corrected chi connectivity index (χ1v) is 10.5.